The van der Waals surface area contributed by atoms with Crippen LogP contribution in [0.25, 0.3) is 5.69 Å². The molecule has 0 saturated carbocycles. The van der Waals surface area contributed by atoms with Crippen molar-refractivity contribution in [2.45, 2.75) is 20.8 Å². The Balaban J connectivity index is 1.58. The summed E-state index contributed by atoms with van der Waals surface area (Å²) < 4.78 is 7.20. The molecule has 4 rings (SSSR count). The smallest absolute Gasteiger partial charge is 0.262 e. The van der Waals surface area contributed by atoms with Crippen LogP contribution in [0, 0.1) is 20.8 Å². The molecule has 0 aliphatic carbocycles. The summed E-state index contributed by atoms with van der Waals surface area (Å²) >= 11 is 0. The zero-order valence-corrected chi connectivity index (χ0v) is 15.9. The molecular formula is C21H20N4O3. The van der Waals surface area contributed by atoms with E-state index >= 15 is 0 Å². The molecule has 7 nitrogen and oxygen atoms in total. The third kappa shape index (κ3) is 3.22. The van der Waals surface area contributed by atoms with Crippen LogP contribution in [-0.2, 0) is 4.79 Å². The van der Waals surface area contributed by atoms with Crippen molar-refractivity contribution < 1.29 is 14.3 Å². The lowest BCUT2D eigenvalue weighted by atomic mass is 10.1. The molecule has 0 unspecified atom stereocenters. The van der Waals surface area contributed by atoms with E-state index in [9.17, 15) is 9.59 Å². The van der Waals surface area contributed by atoms with Crippen molar-refractivity contribution in [2.24, 2.45) is 0 Å². The van der Waals surface area contributed by atoms with Gasteiger partial charge in [0, 0.05) is 5.56 Å². The minimum Gasteiger partial charge on any atom is -0.482 e. The van der Waals surface area contributed by atoms with E-state index in [0.717, 1.165) is 22.5 Å². The molecule has 0 atom stereocenters. The van der Waals surface area contributed by atoms with Gasteiger partial charge in [0.25, 0.3) is 11.8 Å². The Labute approximate surface area is 162 Å². The molecular weight excluding hydrogens is 356 g/mol. The first-order valence-electron chi connectivity index (χ1n) is 8.92. The van der Waals surface area contributed by atoms with Gasteiger partial charge in [-0.3, -0.25) is 9.59 Å². The SMILES string of the molecule is Cc1ccc(C)c(-n2ncc(NC(=O)c3ccc4c(c3)OCC(=O)N4)c2C)c1. The molecule has 0 radical (unpaired) electrons. The van der Waals surface area contributed by atoms with Crippen molar-refractivity contribution in [1.29, 1.82) is 0 Å². The summed E-state index contributed by atoms with van der Waals surface area (Å²) in [4.78, 5) is 24.1. The predicted octanol–water partition coefficient (Wildman–Crippen LogP) is 3.38. The molecule has 1 aliphatic heterocycles. The van der Waals surface area contributed by atoms with Crippen molar-refractivity contribution >= 4 is 23.2 Å². The van der Waals surface area contributed by atoms with Gasteiger partial charge >= 0.3 is 0 Å². The van der Waals surface area contributed by atoms with Crippen molar-refractivity contribution in [1.82, 2.24) is 9.78 Å². The molecule has 0 spiro atoms. The maximum atomic E-state index is 12.7. The van der Waals surface area contributed by atoms with Gasteiger partial charge in [-0.1, -0.05) is 12.1 Å². The van der Waals surface area contributed by atoms with Crippen LogP contribution in [0.1, 0.15) is 27.2 Å². The average molecular weight is 376 g/mol. The highest BCUT2D eigenvalue weighted by molar-refractivity contribution is 6.06. The number of hydrogen-bond acceptors (Lipinski definition) is 4. The lowest BCUT2D eigenvalue weighted by Crippen LogP contribution is -2.25. The number of carbonyl (C=O) groups excluding carboxylic acids is 2. The second-order valence-corrected chi connectivity index (χ2v) is 6.85. The Bertz CT molecular complexity index is 1100. The minimum atomic E-state index is -0.271. The normalized spacial score (nSPS) is 12.8. The first-order chi connectivity index (χ1) is 13.4. The number of carbonyl (C=O) groups is 2. The van der Waals surface area contributed by atoms with Gasteiger partial charge in [0.2, 0.25) is 0 Å². The molecule has 0 fully saturated rings. The summed E-state index contributed by atoms with van der Waals surface area (Å²) in [7, 11) is 0. The van der Waals surface area contributed by atoms with Crippen molar-refractivity contribution in [3.63, 3.8) is 0 Å². The lowest BCUT2D eigenvalue weighted by Gasteiger charge is -2.18. The summed E-state index contributed by atoms with van der Waals surface area (Å²) in [5.74, 6) is 0.00106. The topological polar surface area (TPSA) is 85.2 Å². The van der Waals surface area contributed by atoms with Gasteiger partial charge in [-0.2, -0.15) is 5.10 Å². The highest BCUT2D eigenvalue weighted by Gasteiger charge is 2.19. The Morgan fingerprint density at radius 3 is 2.82 bits per heavy atom. The highest BCUT2D eigenvalue weighted by atomic mass is 16.5. The van der Waals surface area contributed by atoms with Gasteiger partial charge in [0.15, 0.2) is 6.61 Å². The Morgan fingerprint density at radius 1 is 1.18 bits per heavy atom. The van der Waals surface area contributed by atoms with Crippen molar-refractivity contribution in [2.75, 3.05) is 17.2 Å². The first kappa shape index (κ1) is 17.8. The van der Waals surface area contributed by atoms with Gasteiger partial charge in [-0.05, 0) is 56.2 Å². The van der Waals surface area contributed by atoms with E-state index in [4.69, 9.17) is 4.74 Å². The zero-order chi connectivity index (χ0) is 19.8. The monoisotopic (exact) mass is 376 g/mol. The second kappa shape index (κ2) is 6.84. The van der Waals surface area contributed by atoms with Crippen molar-refractivity contribution in [3.8, 4) is 11.4 Å². The number of benzene rings is 2. The molecule has 28 heavy (non-hydrogen) atoms. The van der Waals surface area contributed by atoms with E-state index in [0.29, 0.717) is 22.7 Å². The standard InChI is InChI=1S/C21H20N4O3/c1-12-4-5-13(2)18(8-12)25-14(3)17(10-22-25)24-21(27)15-6-7-16-19(9-15)28-11-20(26)23-16/h4-10H,11H2,1-3H3,(H,23,26)(H,24,27). The fourth-order valence-electron chi connectivity index (χ4n) is 3.13. The van der Waals surface area contributed by atoms with Crippen LogP contribution < -0.4 is 15.4 Å². The van der Waals surface area contributed by atoms with Crippen LogP contribution in [0.4, 0.5) is 11.4 Å². The van der Waals surface area contributed by atoms with Crippen LogP contribution in [0.15, 0.2) is 42.6 Å². The van der Waals surface area contributed by atoms with Gasteiger partial charge in [0.1, 0.15) is 5.75 Å². The fourth-order valence-corrected chi connectivity index (χ4v) is 3.13. The molecule has 0 bridgehead atoms. The third-order valence-electron chi connectivity index (χ3n) is 4.73. The molecule has 3 aromatic rings. The number of hydrogen-bond donors (Lipinski definition) is 2. The molecule has 2 heterocycles. The Hall–Kier alpha value is -3.61. The Morgan fingerprint density at radius 2 is 2.00 bits per heavy atom. The van der Waals surface area contributed by atoms with Gasteiger partial charge in [0.05, 0.1) is 29.0 Å². The van der Waals surface area contributed by atoms with Crippen LogP contribution in [0.2, 0.25) is 0 Å². The van der Waals surface area contributed by atoms with Gasteiger partial charge in [-0.25, -0.2) is 4.68 Å². The summed E-state index contributed by atoms with van der Waals surface area (Å²) in [6, 6.07) is 11.1. The summed E-state index contributed by atoms with van der Waals surface area (Å²) in [5.41, 5.74) is 5.70. The lowest BCUT2D eigenvalue weighted by molar-refractivity contribution is -0.118. The number of rotatable bonds is 3. The number of aryl methyl sites for hydroxylation is 2. The zero-order valence-electron chi connectivity index (χ0n) is 15.9. The van der Waals surface area contributed by atoms with E-state index in [-0.39, 0.29) is 18.4 Å². The molecule has 2 amide bonds. The van der Waals surface area contributed by atoms with Crippen LogP contribution in [-0.4, -0.2) is 28.2 Å². The predicted molar refractivity (Wildman–Crippen MR) is 106 cm³/mol. The maximum Gasteiger partial charge on any atom is 0.262 e. The molecule has 142 valence electrons. The number of anilines is 2. The van der Waals surface area contributed by atoms with E-state index in [2.05, 4.69) is 33.9 Å². The number of fused-ring (bicyclic) bond motifs is 1. The third-order valence-corrected chi connectivity index (χ3v) is 4.73. The van der Waals surface area contributed by atoms with E-state index in [1.165, 1.54) is 0 Å². The van der Waals surface area contributed by atoms with Crippen molar-refractivity contribution in [3.05, 3.63) is 65.0 Å². The maximum absolute atomic E-state index is 12.7. The first-order valence-corrected chi connectivity index (χ1v) is 8.92. The molecule has 2 aromatic carbocycles. The quantitative estimate of drug-likeness (QED) is 0.734. The number of nitrogens with one attached hydrogen (secondary N) is 2. The number of amides is 2. The van der Waals surface area contributed by atoms with Gasteiger partial charge < -0.3 is 15.4 Å². The van der Waals surface area contributed by atoms with E-state index in [1.54, 1.807) is 24.4 Å². The highest BCUT2D eigenvalue weighted by Crippen LogP contribution is 2.29. The molecule has 2 N–H and O–H groups in total. The largest absolute Gasteiger partial charge is 0.482 e. The summed E-state index contributed by atoms with van der Waals surface area (Å²) in [5, 5.41) is 10.1. The fraction of sp³-hybridized carbons (Fsp3) is 0.190. The number of ether oxygens (including phenoxy) is 1. The van der Waals surface area contributed by atoms with Crippen LogP contribution in [0.5, 0.6) is 5.75 Å². The van der Waals surface area contributed by atoms with Gasteiger partial charge in [-0.15, -0.1) is 0 Å². The molecule has 7 heteroatoms. The van der Waals surface area contributed by atoms with Crippen LogP contribution in [0.3, 0.4) is 0 Å². The summed E-state index contributed by atoms with van der Waals surface area (Å²) in [6.45, 7) is 5.92. The molecule has 0 saturated heterocycles. The average Bonchev–Trinajstić information content (AvgIpc) is 3.03. The number of aromatic nitrogens is 2. The minimum absolute atomic E-state index is 0.0558. The molecule has 1 aliphatic rings. The number of nitrogens with zero attached hydrogens (tertiary/aromatic N) is 2. The second-order valence-electron chi connectivity index (χ2n) is 6.85. The van der Waals surface area contributed by atoms with E-state index in [1.807, 2.05) is 25.5 Å². The molecule has 1 aromatic heterocycles. The van der Waals surface area contributed by atoms with E-state index < -0.39 is 0 Å². The summed E-state index contributed by atoms with van der Waals surface area (Å²) in [6.07, 6.45) is 1.64. The Kier molecular flexibility index (Phi) is 4.35. The van der Waals surface area contributed by atoms with Crippen LogP contribution >= 0.6 is 0 Å².